The highest BCUT2D eigenvalue weighted by molar-refractivity contribution is 6.31. The van der Waals surface area contributed by atoms with Crippen LogP contribution < -0.4 is 0 Å². The molecule has 0 bridgehead atoms. The summed E-state index contributed by atoms with van der Waals surface area (Å²) in [6.45, 7) is 6.54. The van der Waals surface area contributed by atoms with E-state index >= 15 is 0 Å². The van der Waals surface area contributed by atoms with Crippen molar-refractivity contribution >= 4 is 34.8 Å². The van der Waals surface area contributed by atoms with Crippen molar-refractivity contribution in [3.63, 3.8) is 0 Å². The molecule has 0 amide bonds. The van der Waals surface area contributed by atoms with Gasteiger partial charge in [-0.05, 0) is 32.2 Å². The number of piperazine rings is 1. The van der Waals surface area contributed by atoms with E-state index in [1.807, 2.05) is 30.1 Å². The summed E-state index contributed by atoms with van der Waals surface area (Å²) in [5, 5.41) is 7.27. The van der Waals surface area contributed by atoms with E-state index in [9.17, 15) is 0 Å². The molecule has 1 aromatic rings. The summed E-state index contributed by atoms with van der Waals surface area (Å²) in [6.07, 6.45) is 0. The number of rotatable bonds is 0. The number of guanidine groups is 1. The molecule has 0 spiro atoms. The zero-order chi connectivity index (χ0) is 16.0. The molecule has 4 rings (SSSR count). The lowest BCUT2D eigenvalue weighted by molar-refractivity contribution is 0.204. The van der Waals surface area contributed by atoms with Crippen molar-refractivity contribution in [3.8, 4) is 0 Å². The Morgan fingerprint density at radius 1 is 1.13 bits per heavy atom. The summed E-state index contributed by atoms with van der Waals surface area (Å²) in [5.41, 5.74) is 2.85. The van der Waals surface area contributed by atoms with Gasteiger partial charge in [0.25, 0.3) is 0 Å². The van der Waals surface area contributed by atoms with Gasteiger partial charge in [-0.2, -0.15) is 10.1 Å². The summed E-state index contributed by atoms with van der Waals surface area (Å²) in [6, 6.07) is 5.75. The summed E-state index contributed by atoms with van der Waals surface area (Å²) in [4.78, 5) is 14.2. The highest BCUT2D eigenvalue weighted by atomic mass is 35.5. The third-order valence-electron chi connectivity index (χ3n) is 4.32. The van der Waals surface area contributed by atoms with Crippen LogP contribution in [-0.2, 0) is 0 Å². The number of hydrogen-bond acceptors (Lipinski definition) is 6. The zero-order valence-corrected chi connectivity index (χ0v) is 14.1. The molecule has 0 aromatic heterocycles. The number of benzene rings is 1. The van der Waals surface area contributed by atoms with Crippen LogP contribution in [0.15, 0.2) is 33.3 Å². The molecule has 0 aliphatic carbocycles. The number of hydrogen-bond donors (Lipinski definition) is 0. The lowest BCUT2D eigenvalue weighted by atomic mass is 10.1. The van der Waals surface area contributed by atoms with E-state index in [1.165, 1.54) is 0 Å². The van der Waals surface area contributed by atoms with E-state index in [-0.39, 0.29) is 0 Å². The number of amidine groups is 1. The Morgan fingerprint density at radius 2 is 1.91 bits per heavy atom. The third-order valence-corrected chi connectivity index (χ3v) is 4.56. The number of hydrazone groups is 1. The number of halogens is 1. The van der Waals surface area contributed by atoms with Crippen molar-refractivity contribution in [1.82, 2.24) is 14.8 Å². The first-order valence-corrected chi connectivity index (χ1v) is 8.20. The van der Waals surface area contributed by atoms with E-state index < -0.39 is 0 Å². The van der Waals surface area contributed by atoms with Gasteiger partial charge in [-0.15, -0.1) is 0 Å². The van der Waals surface area contributed by atoms with E-state index in [0.29, 0.717) is 11.6 Å². The first-order chi connectivity index (χ1) is 11.1. The second-order valence-corrected chi connectivity index (χ2v) is 6.59. The average molecular weight is 331 g/mol. The Bertz CT molecular complexity index is 730. The first kappa shape index (κ1) is 14.7. The van der Waals surface area contributed by atoms with Gasteiger partial charge < -0.3 is 9.80 Å². The van der Waals surface area contributed by atoms with Gasteiger partial charge in [-0.25, -0.2) is 4.99 Å². The molecule has 3 heterocycles. The molecule has 3 aliphatic heterocycles. The van der Waals surface area contributed by atoms with Crippen molar-refractivity contribution in [3.05, 3.63) is 28.8 Å². The lowest BCUT2D eigenvalue weighted by Crippen LogP contribution is -2.54. The monoisotopic (exact) mass is 330 g/mol. The maximum Gasteiger partial charge on any atom is 0.229 e. The van der Waals surface area contributed by atoms with Gasteiger partial charge in [0.15, 0.2) is 5.84 Å². The van der Waals surface area contributed by atoms with Crippen LogP contribution in [0.4, 0.5) is 5.69 Å². The van der Waals surface area contributed by atoms with Crippen LogP contribution in [0.2, 0.25) is 5.02 Å². The van der Waals surface area contributed by atoms with Gasteiger partial charge in [0.1, 0.15) is 0 Å². The number of fused-ring (bicyclic) bond motifs is 3. The molecule has 0 radical (unpaired) electrons. The van der Waals surface area contributed by atoms with Gasteiger partial charge in [0, 0.05) is 36.8 Å². The van der Waals surface area contributed by atoms with Gasteiger partial charge in [0.2, 0.25) is 5.96 Å². The highest BCUT2D eigenvalue weighted by Crippen LogP contribution is 2.31. The summed E-state index contributed by atoms with van der Waals surface area (Å²) < 4.78 is 0. The molecular formula is C16H19ClN6. The van der Waals surface area contributed by atoms with Crippen LogP contribution in [0.5, 0.6) is 0 Å². The fourth-order valence-corrected chi connectivity index (χ4v) is 3.17. The van der Waals surface area contributed by atoms with Crippen LogP contribution in [0.1, 0.15) is 12.5 Å². The predicted octanol–water partition coefficient (Wildman–Crippen LogP) is 2.03. The first-order valence-electron chi connectivity index (χ1n) is 7.82. The molecule has 7 heteroatoms. The number of likely N-dealkylation sites (N-methyl/N-ethyl adjacent to an activating group) is 1. The molecule has 6 nitrogen and oxygen atoms in total. The SMILES string of the molecule is CC1=NN2C(=NC1)c1cc(Cl)ccc1N=C2N1CCN(C)CC1. The summed E-state index contributed by atoms with van der Waals surface area (Å²) in [7, 11) is 2.15. The minimum atomic E-state index is 0.619. The van der Waals surface area contributed by atoms with Crippen LogP contribution in [0, 0.1) is 0 Å². The maximum atomic E-state index is 6.16. The van der Waals surface area contributed by atoms with E-state index in [4.69, 9.17) is 26.7 Å². The third kappa shape index (κ3) is 2.62. The zero-order valence-electron chi connectivity index (χ0n) is 13.3. The largest absolute Gasteiger partial charge is 0.338 e. The molecule has 1 fully saturated rings. The normalized spacial score (nSPS) is 21.3. The minimum absolute atomic E-state index is 0.619. The molecule has 0 unspecified atom stereocenters. The standard InChI is InChI=1S/C16H19ClN6/c1-11-10-18-15-13-9-12(17)3-4-14(13)19-16(23(15)20-11)22-7-5-21(2)6-8-22/h3-4,9H,5-8,10H2,1-2H3. The van der Waals surface area contributed by atoms with Gasteiger partial charge in [-0.3, -0.25) is 4.99 Å². The van der Waals surface area contributed by atoms with Gasteiger partial charge in [0.05, 0.1) is 17.9 Å². The van der Waals surface area contributed by atoms with Crippen LogP contribution >= 0.6 is 11.6 Å². The molecule has 1 aromatic carbocycles. The molecule has 23 heavy (non-hydrogen) atoms. The molecule has 0 atom stereocenters. The Hall–Kier alpha value is -1.92. The Morgan fingerprint density at radius 3 is 2.70 bits per heavy atom. The summed E-state index contributed by atoms with van der Waals surface area (Å²) >= 11 is 6.16. The van der Waals surface area contributed by atoms with E-state index in [0.717, 1.165) is 54.9 Å². The van der Waals surface area contributed by atoms with Crippen LogP contribution in [-0.4, -0.2) is 72.1 Å². The summed E-state index contributed by atoms with van der Waals surface area (Å²) in [5.74, 6) is 1.71. The Balaban J connectivity index is 1.79. The highest BCUT2D eigenvalue weighted by Gasteiger charge is 2.33. The van der Waals surface area contributed by atoms with E-state index in [1.54, 1.807) is 0 Å². The fourth-order valence-electron chi connectivity index (χ4n) is 3.00. The topological polar surface area (TPSA) is 46.8 Å². The quantitative estimate of drug-likeness (QED) is 0.731. The molecule has 0 N–H and O–H groups in total. The maximum absolute atomic E-state index is 6.16. The van der Waals surface area contributed by atoms with E-state index in [2.05, 4.69) is 16.8 Å². The minimum Gasteiger partial charge on any atom is -0.338 e. The molecular weight excluding hydrogens is 312 g/mol. The second-order valence-electron chi connectivity index (χ2n) is 6.15. The van der Waals surface area contributed by atoms with Crippen molar-refractivity contribution in [1.29, 1.82) is 0 Å². The van der Waals surface area contributed by atoms with Crippen molar-refractivity contribution in [2.24, 2.45) is 15.1 Å². The molecule has 0 saturated carbocycles. The Kier molecular flexibility index (Phi) is 3.58. The second kappa shape index (κ2) is 5.62. The van der Waals surface area contributed by atoms with Gasteiger partial charge in [-0.1, -0.05) is 11.6 Å². The lowest BCUT2D eigenvalue weighted by Gasteiger charge is -2.39. The van der Waals surface area contributed by atoms with Crippen LogP contribution in [0.25, 0.3) is 0 Å². The van der Waals surface area contributed by atoms with Gasteiger partial charge >= 0.3 is 0 Å². The number of nitrogens with zero attached hydrogens (tertiary/aromatic N) is 6. The predicted molar refractivity (Wildman–Crippen MR) is 94.0 cm³/mol. The molecule has 120 valence electrons. The molecule has 1 saturated heterocycles. The van der Waals surface area contributed by atoms with Crippen molar-refractivity contribution < 1.29 is 0 Å². The molecule has 3 aliphatic rings. The van der Waals surface area contributed by atoms with Crippen molar-refractivity contribution in [2.45, 2.75) is 6.92 Å². The Labute approximate surface area is 140 Å². The fraction of sp³-hybridized carbons (Fsp3) is 0.438. The van der Waals surface area contributed by atoms with Crippen LogP contribution in [0.3, 0.4) is 0 Å². The number of aliphatic imine (C=N–C) groups is 2. The smallest absolute Gasteiger partial charge is 0.229 e. The average Bonchev–Trinajstić information content (AvgIpc) is 2.55. The van der Waals surface area contributed by atoms with Crippen molar-refractivity contribution in [2.75, 3.05) is 39.8 Å².